The summed E-state index contributed by atoms with van der Waals surface area (Å²) in [6.45, 7) is 0. The van der Waals surface area contributed by atoms with Gasteiger partial charge in [0.25, 0.3) is 5.56 Å². The molecule has 1 aromatic carbocycles. The van der Waals surface area contributed by atoms with E-state index in [1.165, 1.54) is 11.8 Å². The van der Waals surface area contributed by atoms with E-state index in [2.05, 4.69) is 31.2 Å². The average Bonchev–Trinajstić information content (AvgIpc) is 2.53. The number of nitrogens with zero attached hydrogens (tertiary/aromatic N) is 1. The van der Waals surface area contributed by atoms with Crippen molar-refractivity contribution in [2.75, 3.05) is 18.7 Å². The lowest BCUT2D eigenvalue weighted by Crippen LogP contribution is -2.31. The molecule has 0 fully saturated rings. The van der Waals surface area contributed by atoms with Crippen molar-refractivity contribution >= 4 is 39.4 Å². The SMILES string of the molecule is COc1ccc([C@H]2CC(=O)Nc3nc(SC)[nH]c(=O)c32)cc1Br. The van der Waals surface area contributed by atoms with Crippen LogP contribution in [-0.4, -0.2) is 29.2 Å². The number of hydrogen-bond donors (Lipinski definition) is 2. The summed E-state index contributed by atoms with van der Waals surface area (Å²) in [5.74, 6) is 0.540. The number of thioether (sulfide) groups is 1. The largest absolute Gasteiger partial charge is 0.496 e. The van der Waals surface area contributed by atoms with E-state index in [1.807, 2.05) is 24.5 Å². The Hall–Kier alpha value is -1.80. The predicted octanol–water partition coefficient (Wildman–Crippen LogP) is 2.74. The molecule has 2 heterocycles. The number of methoxy groups -OCH3 is 1. The second-order valence-corrected chi connectivity index (χ2v) is 6.69. The number of aromatic nitrogens is 2. The maximum absolute atomic E-state index is 12.4. The smallest absolute Gasteiger partial charge is 0.257 e. The Labute approximate surface area is 145 Å². The van der Waals surface area contributed by atoms with Gasteiger partial charge >= 0.3 is 0 Å². The lowest BCUT2D eigenvalue weighted by atomic mass is 9.87. The first-order valence-corrected chi connectivity index (χ1v) is 8.86. The number of H-pyrrole nitrogens is 1. The Morgan fingerprint density at radius 3 is 2.83 bits per heavy atom. The van der Waals surface area contributed by atoms with Gasteiger partial charge in [-0.25, -0.2) is 4.98 Å². The highest BCUT2D eigenvalue weighted by molar-refractivity contribution is 9.10. The highest BCUT2D eigenvalue weighted by Gasteiger charge is 2.31. The molecule has 23 heavy (non-hydrogen) atoms. The van der Waals surface area contributed by atoms with Gasteiger partial charge in [-0.05, 0) is 39.9 Å². The van der Waals surface area contributed by atoms with Crippen molar-refractivity contribution in [2.45, 2.75) is 17.5 Å². The Morgan fingerprint density at radius 2 is 2.17 bits per heavy atom. The first kappa shape index (κ1) is 16.1. The fourth-order valence-corrected chi connectivity index (χ4v) is 3.57. The number of aromatic amines is 1. The number of carbonyl (C=O) groups is 1. The number of anilines is 1. The monoisotopic (exact) mass is 395 g/mol. The van der Waals surface area contributed by atoms with E-state index in [4.69, 9.17) is 4.74 Å². The number of ether oxygens (including phenoxy) is 1. The molecule has 0 bridgehead atoms. The molecular weight excluding hydrogens is 382 g/mol. The Balaban J connectivity index is 2.14. The minimum Gasteiger partial charge on any atom is -0.496 e. The third-order valence-corrected chi connectivity index (χ3v) is 4.90. The summed E-state index contributed by atoms with van der Waals surface area (Å²) in [6, 6.07) is 5.54. The van der Waals surface area contributed by atoms with Gasteiger partial charge in [-0.15, -0.1) is 0 Å². The molecule has 8 heteroatoms. The summed E-state index contributed by atoms with van der Waals surface area (Å²) in [6.07, 6.45) is 2.02. The Bertz CT molecular complexity index is 837. The molecule has 1 atom stereocenters. The van der Waals surface area contributed by atoms with Crippen molar-refractivity contribution in [3.05, 3.63) is 44.2 Å². The van der Waals surface area contributed by atoms with E-state index < -0.39 is 0 Å². The average molecular weight is 396 g/mol. The lowest BCUT2D eigenvalue weighted by molar-refractivity contribution is -0.116. The molecule has 0 saturated carbocycles. The molecule has 0 aliphatic carbocycles. The molecule has 120 valence electrons. The minimum atomic E-state index is -0.340. The molecule has 0 radical (unpaired) electrons. The van der Waals surface area contributed by atoms with Gasteiger partial charge in [0, 0.05) is 12.3 Å². The molecule has 0 saturated heterocycles. The van der Waals surface area contributed by atoms with Gasteiger partial charge in [0.2, 0.25) is 5.91 Å². The van der Waals surface area contributed by atoms with Gasteiger partial charge in [0.05, 0.1) is 17.1 Å². The van der Waals surface area contributed by atoms with Gasteiger partial charge in [0.1, 0.15) is 11.6 Å². The lowest BCUT2D eigenvalue weighted by Gasteiger charge is -2.24. The number of rotatable bonds is 3. The number of carbonyl (C=O) groups excluding carboxylic acids is 1. The van der Waals surface area contributed by atoms with Crippen molar-refractivity contribution in [3.8, 4) is 5.75 Å². The highest BCUT2D eigenvalue weighted by Crippen LogP contribution is 2.37. The van der Waals surface area contributed by atoms with Crippen LogP contribution in [-0.2, 0) is 4.79 Å². The van der Waals surface area contributed by atoms with Crippen molar-refractivity contribution in [1.29, 1.82) is 0 Å². The summed E-state index contributed by atoms with van der Waals surface area (Å²) in [4.78, 5) is 31.5. The van der Waals surface area contributed by atoms with Gasteiger partial charge in [-0.2, -0.15) is 0 Å². The van der Waals surface area contributed by atoms with Crippen LogP contribution in [0.4, 0.5) is 5.82 Å². The zero-order valence-corrected chi connectivity index (χ0v) is 14.9. The highest BCUT2D eigenvalue weighted by atomic mass is 79.9. The fraction of sp³-hybridized carbons (Fsp3) is 0.267. The summed E-state index contributed by atoms with van der Waals surface area (Å²) in [5.41, 5.74) is 1.12. The molecule has 0 spiro atoms. The van der Waals surface area contributed by atoms with Crippen molar-refractivity contribution < 1.29 is 9.53 Å². The zero-order chi connectivity index (χ0) is 16.6. The molecule has 1 aliphatic heterocycles. The normalized spacial score (nSPS) is 16.7. The first-order chi connectivity index (χ1) is 11.0. The third-order valence-electron chi connectivity index (χ3n) is 3.70. The van der Waals surface area contributed by atoms with E-state index in [1.54, 1.807) is 7.11 Å². The summed E-state index contributed by atoms with van der Waals surface area (Å²) >= 11 is 4.76. The summed E-state index contributed by atoms with van der Waals surface area (Å²) in [7, 11) is 1.59. The van der Waals surface area contributed by atoms with Crippen LogP contribution in [0.1, 0.15) is 23.5 Å². The molecule has 1 aliphatic rings. The van der Waals surface area contributed by atoms with Crippen LogP contribution < -0.4 is 15.6 Å². The summed E-state index contributed by atoms with van der Waals surface area (Å²) in [5, 5.41) is 3.17. The molecule has 2 N–H and O–H groups in total. The number of hydrogen-bond acceptors (Lipinski definition) is 5. The van der Waals surface area contributed by atoms with Gasteiger partial charge in [-0.1, -0.05) is 17.8 Å². The number of benzene rings is 1. The van der Waals surface area contributed by atoms with E-state index >= 15 is 0 Å². The molecule has 1 aromatic heterocycles. The summed E-state index contributed by atoms with van der Waals surface area (Å²) < 4.78 is 6.00. The van der Waals surface area contributed by atoms with Crippen molar-refractivity contribution in [1.82, 2.24) is 9.97 Å². The van der Waals surface area contributed by atoms with Crippen LogP contribution >= 0.6 is 27.7 Å². The first-order valence-electron chi connectivity index (χ1n) is 6.85. The van der Waals surface area contributed by atoms with E-state index in [0.717, 1.165) is 10.0 Å². The maximum atomic E-state index is 12.4. The quantitative estimate of drug-likeness (QED) is 0.616. The zero-order valence-electron chi connectivity index (χ0n) is 12.5. The van der Waals surface area contributed by atoms with Gasteiger partial charge in [0.15, 0.2) is 5.16 Å². The van der Waals surface area contributed by atoms with Crippen molar-refractivity contribution in [2.24, 2.45) is 0 Å². The number of amides is 1. The second-order valence-electron chi connectivity index (χ2n) is 5.04. The Kier molecular flexibility index (Phi) is 4.45. The maximum Gasteiger partial charge on any atom is 0.257 e. The fourth-order valence-electron chi connectivity index (χ4n) is 2.63. The topological polar surface area (TPSA) is 84.1 Å². The molecule has 3 rings (SSSR count). The number of nitrogens with one attached hydrogen (secondary N) is 2. The van der Waals surface area contributed by atoms with Crippen LogP contribution in [0.5, 0.6) is 5.75 Å². The Morgan fingerprint density at radius 1 is 1.39 bits per heavy atom. The van der Waals surface area contributed by atoms with Crippen LogP contribution in [0.25, 0.3) is 0 Å². The number of halogens is 1. The van der Waals surface area contributed by atoms with Crippen LogP contribution in [0.3, 0.4) is 0 Å². The van der Waals surface area contributed by atoms with Crippen molar-refractivity contribution in [3.63, 3.8) is 0 Å². The van der Waals surface area contributed by atoms with Crippen LogP contribution in [0.2, 0.25) is 0 Å². The molecule has 1 amide bonds. The van der Waals surface area contributed by atoms with E-state index in [0.29, 0.717) is 22.3 Å². The second kappa shape index (κ2) is 6.37. The van der Waals surface area contributed by atoms with Crippen LogP contribution in [0.15, 0.2) is 32.6 Å². The molecule has 2 aromatic rings. The number of fused-ring (bicyclic) bond motifs is 1. The predicted molar refractivity (Wildman–Crippen MR) is 92.4 cm³/mol. The minimum absolute atomic E-state index is 0.153. The van der Waals surface area contributed by atoms with Crippen LogP contribution in [0, 0.1) is 0 Å². The van der Waals surface area contributed by atoms with Gasteiger partial charge < -0.3 is 15.0 Å². The standard InChI is InChI=1S/C15H14BrN3O3S/c1-22-10-4-3-7(5-9(10)16)8-6-11(20)17-13-12(8)14(21)19-15(18-13)23-2/h3-5,8H,6H2,1-2H3,(H2,17,18,19,20,21)/t8-/m1/s1. The molecule has 6 nitrogen and oxygen atoms in total. The van der Waals surface area contributed by atoms with Gasteiger partial charge in [-0.3, -0.25) is 9.59 Å². The molecular formula is C15H14BrN3O3S. The van der Waals surface area contributed by atoms with E-state index in [-0.39, 0.29) is 23.8 Å². The van der Waals surface area contributed by atoms with E-state index in [9.17, 15) is 9.59 Å². The molecule has 0 unspecified atom stereocenters. The third kappa shape index (κ3) is 3.00.